The zero-order chi connectivity index (χ0) is 11.3. The number of rotatable bonds is 5. The van der Waals surface area contributed by atoms with Gasteiger partial charge in [-0.15, -0.1) is 0 Å². The van der Waals surface area contributed by atoms with Gasteiger partial charge in [-0.25, -0.2) is 0 Å². The van der Waals surface area contributed by atoms with Crippen molar-refractivity contribution in [3.8, 4) is 5.75 Å². The lowest BCUT2D eigenvalue weighted by Gasteiger charge is -2.03. The Morgan fingerprint density at radius 1 is 1.47 bits per heavy atom. The number of hydrogen-bond acceptors (Lipinski definition) is 2. The van der Waals surface area contributed by atoms with Crippen molar-refractivity contribution in [2.45, 2.75) is 19.8 Å². The highest BCUT2D eigenvalue weighted by atomic mass is 16.5. The summed E-state index contributed by atoms with van der Waals surface area (Å²) in [6.45, 7) is 5.59. The van der Waals surface area contributed by atoms with Crippen molar-refractivity contribution < 1.29 is 9.53 Å². The van der Waals surface area contributed by atoms with Crippen LogP contribution in [0, 0.1) is 0 Å². The lowest BCUT2D eigenvalue weighted by Crippen LogP contribution is -2.02. The third kappa shape index (κ3) is 3.98. The van der Waals surface area contributed by atoms with Gasteiger partial charge in [0.05, 0.1) is 7.11 Å². The number of carbonyl (C=O) groups excluding carboxylic acids is 1. The molecule has 0 N–H and O–H groups in total. The molecule has 1 rings (SSSR count). The van der Waals surface area contributed by atoms with Crippen molar-refractivity contribution in [1.82, 2.24) is 0 Å². The molecule has 0 aliphatic rings. The summed E-state index contributed by atoms with van der Waals surface area (Å²) in [5.74, 6) is 0.978. The summed E-state index contributed by atoms with van der Waals surface area (Å²) in [6, 6.07) is 7.57. The summed E-state index contributed by atoms with van der Waals surface area (Å²) in [6.07, 6.45) is 0.904. The van der Waals surface area contributed by atoms with E-state index in [0.717, 1.165) is 16.9 Å². The van der Waals surface area contributed by atoms with Crippen molar-refractivity contribution in [3.63, 3.8) is 0 Å². The van der Waals surface area contributed by atoms with Gasteiger partial charge < -0.3 is 4.74 Å². The Hall–Kier alpha value is -1.57. The van der Waals surface area contributed by atoms with Crippen LogP contribution in [-0.4, -0.2) is 12.9 Å². The van der Waals surface area contributed by atoms with Gasteiger partial charge in [0.15, 0.2) is 0 Å². The molecule has 2 nitrogen and oxygen atoms in total. The van der Waals surface area contributed by atoms with Crippen LogP contribution in [0.3, 0.4) is 0 Å². The Kier molecular flexibility index (Phi) is 4.10. The number of Topliss-reactive ketones (excluding diaryl/α,β-unsaturated/α-hetero) is 1. The van der Waals surface area contributed by atoms with Crippen LogP contribution in [0.5, 0.6) is 5.75 Å². The maximum atomic E-state index is 11.5. The van der Waals surface area contributed by atoms with Crippen LogP contribution in [0.4, 0.5) is 0 Å². The van der Waals surface area contributed by atoms with E-state index in [9.17, 15) is 4.79 Å². The monoisotopic (exact) mass is 204 g/mol. The first-order valence-corrected chi connectivity index (χ1v) is 4.91. The predicted octanol–water partition coefficient (Wildman–Crippen LogP) is 2.77. The Morgan fingerprint density at radius 2 is 2.20 bits per heavy atom. The average molecular weight is 204 g/mol. The minimum atomic E-state index is 0.191. The van der Waals surface area contributed by atoms with E-state index in [1.165, 1.54) is 0 Å². The third-order valence-corrected chi connectivity index (χ3v) is 2.03. The number of methoxy groups -OCH3 is 1. The molecule has 0 saturated heterocycles. The number of ether oxygens (including phenoxy) is 1. The van der Waals surface area contributed by atoms with Crippen molar-refractivity contribution >= 4 is 5.78 Å². The molecule has 1 aromatic carbocycles. The highest BCUT2D eigenvalue weighted by Gasteiger charge is 2.04. The fourth-order valence-electron chi connectivity index (χ4n) is 1.41. The number of benzene rings is 1. The number of allylic oxidation sites excluding steroid dienone is 1. The standard InChI is InChI=1S/C13H16O2/c1-10(2)7-12(14)8-11-5-4-6-13(9-11)15-3/h4-6,9H,1,7-8H2,2-3H3. The van der Waals surface area contributed by atoms with E-state index in [0.29, 0.717) is 12.8 Å². The maximum absolute atomic E-state index is 11.5. The van der Waals surface area contributed by atoms with Gasteiger partial charge in [-0.05, 0) is 24.6 Å². The molecular weight excluding hydrogens is 188 g/mol. The topological polar surface area (TPSA) is 26.3 Å². The molecule has 80 valence electrons. The molecule has 2 heteroatoms. The molecule has 0 saturated carbocycles. The first-order chi connectivity index (χ1) is 7.11. The van der Waals surface area contributed by atoms with Gasteiger partial charge in [0.25, 0.3) is 0 Å². The lowest BCUT2D eigenvalue weighted by atomic mass is 10.0. The average Bonchev–Trinajstić information content (AvgIpc) is 2.16. The fourth-order valence-corrected chi connectivity index (χ4v) is 1.41. The van der Waals surface area contributed by atoms with E-state index < -0.39 is 0 Å². The molecule has 0 fully saturated rings. The lowest BCUT2D eigenvalue weighted by molar-refractivity contribution is -0.117. The molecule has 1 aromatic rings. The van der Waals surface area contributed by atoms with E-state index in [-0.39, 0.29) is 5.78 Å². The molecule has 0 aromatic heterocycles. The van der Waals surface area contributed by atoms with Gasteiger partial charge in [0.2, 0.25) is 0 Å². The van der Waals surface area contributed by atoms with Gasteiger partial charge in [0.1, 0.15) is 11.5 Å². The Bertz CT molecular complexity index is 367. The zero-order valence-corrected chi connectivity index (χ0v) is 9.25. The predicted molar refractivity (Wildman–Crippen MR) is 61.1 cm³/mol. The minimum absolute atomic E-state index is 0.191. The molecule has 0 atom stereocenters. The third-order valence-electron chi connectivity index (χ3n) is 2.03. The van der Waals surface area contributed by atoms with Gasteiger partial charge in [-0.2, -0.15) is 0 Å². The van der Waals surface area contributed by atoms with Crippen molar-refractivity contribution in [2.75, 3.05) is 7.11 Å². The van der Waals surface area contributed by atoms with Crippen molar-refractivity contribution in [1.29, 1.82) is 0 Å². The van der Waals surface area contributed by atoms with Gasteiger partial charge >= 0.3 is 0 Å². The summed E-state index contributed by atoms with van der Waals surface area (Å²) < 4.78 is 5.09. The van der Waals surface area contributed by atoms with Crippen LogP contribution < -0.4 is 4.74 Å². The van der Waals surface area contributed by atoms with Crippen LogP contribution in [0.25, 0.3) is 0 Å². The largest absolute Gasteiger partial charge is 0.497 e. The number of hydrogen-bond donors (Lipinski definition) is 0. The molecule has 0 bridgehead atoms. The Balaban J connectivity index is 2.63. The highest BCUT2D eigenvalue weighted by molar-refractivity contribution is 5.82. The van der Waals surface area contributed by atoms with Gasteiger partial charge in [-0.3, -0.25) is 4.79 Å². The Labute approximate surface area is 90.6 Å². The van der Waals surface area contributed by atoms with E-state index in [1.54, 1.807) is 7.11 Å². The van der Waals surface area contributed by atoms with Gasteiger partial charge in [-0.1, -0.05) is 24.3 Å². The molecule has 0 aliphatic carbocycles. The minimum Gasteiger partial charge on any atom is -0.497 e. The summed E-state index contributed by atoms with van der Waals surface area (Å²) in [5, 5.41) is 0. The van der Waals surface area contributed by atoms with E-state index in [2.05, 4.69) is 6.58 Å². The van der Waals surface area contributed by atoms with Gasteiger partial charge in [0, 0.05) is 12.8 Å². The van der Waals surface area contributed by atoms with Crippen LogP contribution in [-0.2, 0) is 11.2 Å². The second-order valence-corrected chi connectivity index (χ2v) is 3.70. The molecule has 0 radical (unpaired) electrons. The summed E-state index contributed by atoms with van der Waals surface area (Å²) >= 11 is 0. The first-order valence-electron chi connectivity index (χ1n) is 4.91. The van der Waals surface area contributed by atoms with Crippen LogP contribution in [0.2, 0.25) is 0 Å². The van der Waals surface area contributed by atoms with Crippen LogP contribution >= 0.6 is 0 Å². The maximum Gasteiger partial charge on any atom is 0.141 e. The summed E-state index contributed by atoms with van der Waals surface area (Å²) in [4.78, 5) is 11.5. The number of ketones is 1. The van der Waals surface area contributed by atoms with E-state index >= 15 is 0 Å². The molecule has 0 amide bonds. The fraction of sp³-hybridized carbons (Fsp3) is 0.308. The zero-order valence-electron chi connectivity index (χ0n) is 9.25. The second kappa shape index (κ2) is 5.35. The molecule has 0 unspecified atom stereocenters. The SMILES string of the molecule is C=C(C)CC(=O)Cc1cccc(OC)c1. The second-order valence-electron chi connectivity index (χ2n) is 3.70. The van der Waals surface area contributed by atoms with Crippen molar-refractivity contribution in [2.24, 2.45) is 0 Å². The molecular formula is C13H16O2. The smallest absolute Gasteiger partial charge is 0.141 e. The van der Waals surface area contributed by atoms with Crippen LogP contribution in [0.15, 0.2) is 36.4 Å². The Morgan fingerprint density at radius 3 is 2.80 bits per heavy atom. The van der Waals surface area contributed by atoms with Crippen molar-refractivity contribution in [3.05, 3.63) is 42.0 Å². The first kappa shape index (κ1) is 11.5. The highest BCUT2D eigenvalue weighted by Crippen LogP contribution is 2.14. The quantitative estimate of drug-likeness (QED) is 0.689. The normalized spacial score (nSPS) is 9.73. The molecule has 0 spiro atoms. The molecule has 0 aliphatic heterocycles. The number of carbonyl (C=O) groups is 1. The summed E-state index contributed by atoms with van der Waals surface area (Å²) in [7, 11) is 1.62. The van der Waals surface area contributed by atoms with E-state index in [1.807, 2.05) is 31.2 Å². The van der Waals surface area contributed by atoms with Crippen LogP contribution in [0.1, 0.15) is 18.9 Å². The van der Waals surface area contributed by atoms with E-state index in [4.69, 9.17) is 4.74 Å². The summed E-state index contributed by atoms with van der Waals surface area (Å²) in [5.41, 5.74) is 1.89. The molecule has 15 heavy (non-hydrogen) atoms. The molecule has 0 heterocycles.